The van der Waals surface area contributed by atoms with E-state index < -0.39 is 0 Å². The molecule has 0 fully saturated rings. The molecule has 0 saturated carbocycles. The lowest BCUT2D eigenvalue weighted by molar-refractivity contribution is 1.18. The van der Waals surface area contributed by atoms with Crippen LogP contribution in [-0.4, -0.2) is 9.55 Å². The van der Waals surface area contributed by atoms with Gasteiger partial charge in [-0.05, 0) is 112 Å². The van der Waals surface area contributed by atoms with Crippen molar-refractivity contribution < 1.29 is 0 Å². The molecule has 228 valence electrons. The van der Waals surface area contributed by atoms with E-state index in [0.29, 0.717) is 0 Å². The van der Waals surface area contributed by atoms with Crippen molar-refractivity contribution in [2.24, 2.45) is 0 Å². The highest BCUT2D eigenvalue weighted by Crippen LogP contribution is 2.42. The number of rotatable bonds is 5. The van der Waals surface area contributed by atoms with Gasteiger partial charge in [-0.2, -0.15) is 0 Å². The second-order valence-corrected chi connectivity index (χ2v) is 12.6. The highest BCUT2D eigenvalue weighted by molar-refractivity contribution is 6.16. The normalized spacial score (nSPS) is 12.9. The van der Waals surface area contributed by atoms with Gasteiger partial charge in [-0.15, -0.1) is 0 Å². The molecular weight excluding hydrogens is 581 g/mol. The number of benzene rings is 6. The van der Waals surface area contributed by atoms with Crippen molar-refractivity contribution in [3.05, 3.63) is 162 Å². The number of hydrogen-bond donors (Lipinski definition) is 1. The molecule has 2 heteroatoms. The predicted molar refractivity (Wildman–Crippen MR) is 208 cm³/mol. The van der Waals surface area contributed by atoms with E-state index >= 15 is 0 Å². The average molecular weight is 615 g/mol. The summed E-state index contributed by atoms with van der Waals surface area (Å²) >= 11 is 0. The van der Waals surface area contributed by atoms with Crippen LogP contribution in [0.5, 0.6) is 0 Å². The average Bonchev–Trinajstić information content (AvgIpc) is 3.54. The molecule has 2 nitrogen and oxygen atoms in total. The summed E-state index contributed by atoms with van der Waals surface area (Å²) in [4.78, 5) is 3.51. The maximum atomic E-state index is 4.01. The summed E-state index contributed by atoms with van der Waals surface area (Å²) in [5.41, 5.74) is 14.4. The Hall–Kier alpha value is -6.12. The molecule has 0 unspecified atom stereocenters. The molecule has 9 rings (SSSR count). The SMILES string of the molecule is C=Cc1[nH]c2ccc(-c3ccc4cc(-c5cc6c(c7c5C=CCC=C7)c5ccccc5n6-c5ccccc5)ccc4c3)cc2c1/C=C\C. The summed E-state index contributed by atoms with van der Waals surface area (Å²) in [5, 5.41) is 6.25. The van der Waals surface area contributed by atoms with Crippen molar-refractivity contribution in [3.63, 3.8) is 0 Å². The van der Waals surface area contributed by atoms with E-state index in [4.69, 9.17) is 0 Å². The number of H-pyrrole nitrogens is 1. The molecule has 6 aromatic carbocycles. The minimum Gasteiger partial charge on any atom is -0.355 e. The zero-order valence-electron chi connectivity index (χ0n) is 26.9. The monoisotopic (exact) mass is 614 g/mol. The van der Waals surface area contributed by atoms with Crippen LogP contribution >= 0.6 is 0 Å². The number of allylic oxidation sites excluding steroid dienone is 3. The first-order valence-electron chi connectivity index (χ1n) is 16.7. The lowest BCUT2D eigenvalue weighted by atomic mass is 9.90. The van der Waals surface area contributed by atoms with Crippen molar-refractivity contribution in [2.45, 2.75) is 13.3 Å². The van der Waals surface area contributed by atoms with Gasteiger partial charge in [0.15, 0.2) is 0 Å². The number of fused-ring (bicyclic) bond motifs is 7. The number of nitrogens with one attached hydrogen (secondary N) is 1. The van der Waals surface area contributed by atoms with Crippen LogP contribution in [0.4, 0.5) is 0 Å². The Kier molecular flexibility index (Phi) is 6.62. The smallest absolute Gasteiger partial charge is 0.0553 e. The second kappa shape index (κ2) is 11.3. The highest BCUT2D eigenvalue weighted by atomic mass is 15.0. The molecule has 0 atom stereocenters. The molecule has 0 bridgehead atoms. The number of aromatic nitrogens is 2. The largest absolute Gasteiger partial charge is 0.355 e. The van der Waals surface area contributed by atoms with E-state index in [9.17, 15) is 0 Å². The van der Waals surface area contributed by atoms with E-state index in [2.05, 4.69) is 175 Å². The molecule has 1 N–H and O–H groups in total. The van der Waals surface area contributed by atoms with Gasteiger partial charge in [-0.1, -0.05) is 110 Å². The summed E-state index contributed by atoms with van der Waals surface area (Å²) < 4.78 is 2.42. The Morgan fingerprint density at radius 1 is 0.667 bits per heavy atom. The molecule has 48 heavy (non-hydrogen) atoms. The van der Waals surface area contributed by atoms with Crippen LogP contribution in [0.2, 0.25) is 0 Å². The van der Waals surface area contributed by atoms with Crippen LogP contribution in [-0.2, 0) is 0 Å². The summed E-state index contributed by atoms with van der Waals surface area (Å²) in [5.74, 6) is 0. The van der Waals surface area contributed by atoms with Crippen molar-refractivity contribution in [2.75, 3.05) is 0 Å². The van der Waals surface area contributed by atoms with Gasteiger partial charge in [0, 0.05) is 38.6 Å². The minimum atomic E-state index is 0.924. The van der Waals surface area contributed by atoms with Crippen LogP contribution < -0.4 is 0 Å². The predicted octanol–water partition coefficient (Wildman–Crippen LogP) is 12.9. The summed E-state index contributed by atoms with van der Waals surface area (Å²) in [6.45, 7) is 6.06. The van der Waals surface area contributed by atoms with E-state index in [1.54, 1.807) is 0 Å². The van der Waals surface area contributed by atoms with Crippen LogP contribution in [0.25, 0.3) is 95.7 Å². The van der Waals surface area contributed by atoms with Gasteiger partial charge in [0.1, 0.15) is 0 Å². The summed E-state index contributed by atoms with van der Waals surface area (Å²) in [6, 6.07) is 42.4. The van der Waals surface area contributed by atoms with Gasteiger partial charge < -0.3 is 9.55 Å². The molecule has 0 saturated heterocycles. The Balaban J connectivity index is 1.22. The highest BCUT2D eigenvalue weighted by Gasteiger charge is 2.20. The first kappa shape index (κ1) is 28.1. The number of para-hydroxylation sites is 2. The summed E-state index contributed by atoms with van der Waals surface area (Å²) in [6.07, 6.45) is 16.3. The molecule has 8 aromatic rings. The maximum absolute atomic E-state index is 4.01. The Bertz CT molecular complexity index is 2660. The second-order valence-electron chi connectivity index (χ2n) is 12.6. The Labute approximate surface area is 280 Å². The molecule has 0 radical (unpaired) electrons. The van der Waals surface area contributed by atoms with E-state index in [1.807, 2.05) is 6.08 Å². The number of nitrogens with zero attached hydrogens (tertiary/aromatic N) is 1. The topological polar surface area (TPSA) is 20.7 Å². The fourth-order valence-corrected chi connectivity index (χ4v) is 7.58. The van der Waals surface area contributed by atoms with Crippen molar-refractivity contribution >= 4 is 67.8 Å². The maximum Gasteiger partial charge on any atom is 0.0553 e. The lowest BCUT2D eigenvalue weighted by Crippen LogP contribution is -1.95. The van der Waals surface area contributed by atoms with E-state index in [0.717, 1.165) is 17.6 Å². The van der Waals surface area contributed by atoms with Crippen LogP contribution in [0.1, 0.15) is 35.7 Å². The molecule has 0 amide bonds. The number of hydrogen-bond acceptors (Lipinski definition) is 0. The van der Waals surface area contributed by atoms with Crippen LogP contribution in [0.15, 0.2) is 140 Å². The van der Waals surface area contributed by atoms with Crippen LogP contribution in [0, 0.1) is 0 Å². The first-order chi connectivity index (χ1) is 23.7. The van der Waals surface area contributed by atoms with Gasteiger partial charge in [-0.25, -0.2) is 0 Å². The van der Waals surface area contributed by atoms with Crippen molar-refractivity contribution in [1.29, 1.82) is 0 Å². The van der Waals surface area contributed by atoms with Crippen molar-refractivity contribution in [3.8, 4) is 27.9 Å². The molecule has 1 aliphatic rings. The van der Waals surface area contributed by atoms with Gasteiger partial charge >= 0.3 is 0 Å². The van der Waals surface area contributed by atoms with Crippen LogP contribution in [0.3, 0.4) is 0 Å². The first-order valence-corrected chi connectivity index (χ1v) is 16.7. The van der Waals surface area contributed by atoms with Crippen molar-refractivity contribution in [1.82, 2.24) is 9.55 Å². The molecule has 2 aromatic heterocycles. The van der Waals surface area contributed by atoms with Gasteiger partial charge in [0.25, 0.3) is 0 Å². The number of aromatic amines is 1. The minimum absolute atomic E-state index is 0.924. The molecular formula is C46H34N2. The molecule has 0 aliphatic heterocycles. The van der Waals surface area contributed by atoms with E-state index in [-0.39, 0.29) is 0 Å². The van der Waals surface area contributed by atoms with E-state index in [1.165, 1.54) is 82.6 Å². The molecule has 0 spiro atoms. The molecule has 2 heterocycles. The lowest BCUT2D eigenvalue weighted by Gasteiger charge is -2.15. The Morgan fingerprint density at radius 2 is 1.38 bits per heavy atom. The third-order valence-corrected chi connectivity index (χ3v) is 9.79. The van der Waals surface area contributed by atoms with Gasteiger partial charge in [-0.3, -0.25) is 0 Å². The zero-order valence-corrected chi connectivity index (χ0v) is 26.9. The Morgan fingerprint density at radius 3 is 2.19 bits per heavy atom. The standard InChI is InChI=1S/C46H34N2/c1-3-13-37-41-28-33(24-25-43(41)47-42(37)4-2)31-20-21-32-27-34(23-22-30(32)26-31)40-29-45-46(38-17-10-6-9-16-36(38)40)39-18-11-12-19-44(39)48(45)35-14-7-5-8-15-35/h3-5,7-29,47H,2,6H2,1H3/b13-3-. The third-order valence-electron chi connectivity index (χ3n) is 9.79. The quantitative estimate of drug-likeness (QED) is 0.199. The van der Waals surface area contributed by atoms with Gasteiger partial charge in [0.05, 0.1) is 11.0 Å². The molecule has 1 aliphatic carbocycles. The fourth-order valence-electron chi connectivity index (χ4n) is 7.58. The fraction of sp³-hybridized carbons (Fsp3) is 0.0435. The van der Waals surface area contributed by atoms with Gasteiger partial charge in [0.2, 0.25) is 0 Å². The zero-order chi connectivity index (χ0) is 32.2. The summed E-state index contributed by atoms with van der Waals surface area (Å²) in [7, 11) is 0. The third kappa shape index (κ3) is 4.41.